The van der Waals surface area contributed by atoms with E-state index in [1.807, 2.05) is 0 Å². The molecule has 0 atom stereocenters. The fourth-order valence-electron chi connectivity index (χ4n) is 0.623. The maximum Gasteiger partial charge on any atom is 0.451 e. The molecule has 0 amide bonds. The maximum atomic E-state index is 12.1. The zero-order valence-electron chi connectivity index (χ0n) is 6.39. The SMILES string of the molecule is CSc1cnc(C(F)(F)F)nc1Br. The Bertz CT molecular complexity index is 315. The first-order chi connectivity index (χ1) is 5.95. The van der Waals surface area contributed by atoms with Crippen molar-refractivity contribution in [3.05, 3.63) is 16.6 Å². The molecule has 0 aliphatic heterocycles. The van der Waals surface area contributed by atoms with E-state index < -0.39 is 12.0 Å². The largest absolute Gasteiger partial charge is 0.451 e. The molecular formula is C6H4BrF3N2S. The van der Waals surface area contributed by atoms with Crippen LogP contribution in [-0.4, -0.2) is 16.2 Å². The Labute approximate surface area is 85.1 Å². The minimum absolute atomic E-state index is 0.169. The summed E-state index contributed by atoms with van der Waals surface area (Å²) in [7, 11) is 0. The zero-order valence-corrected chi connectivity index (χ0v) is 8.79. The molecule has 0 N–H and O–H groups in total. The van der Waals surface area contributed by atoms with E-state index in [0.717, 1.165) is 6.20 Å². The molecule has 1 aromatic rings. The van der Waals surface area contributed by atoms with Crippen molar-refractivity contribution in [2.75, 3.05) is 6.26 Å². The van der Waals surface area contributed by atoms with E-state index in [-0.39, 0.29) is 4.60 Å². The Balaban J connectivity index is 3.10. The number of aromatic nitrogens is 2. The molecule has 0 radical (unpaired) electrons. The molecule has 1 heterocycles. The topological polar surface area (TPSA) is 25.8 Å². The number of alkyl halides is 3. The molecule has 13 heavy (non-hydrogen) atoms. The average Bonchev–Trinajstić information content (AvgIpc) is 2.02. The maximum absolute atomic E-state index is 12.1. The van der Waals surface area contributed by atoms with Crippen molar-refractivity contribution in [1.29, 1.82) is 0 Å². The summed E-state index contributed by atoms with van der Waals surface area (Å²) in [6, 6.07) is 0. The van der Waals surface area contributed by atoms with Crippen molar-refractivity contribution >= 4 is 27.7 Å². The molecule has 0 aromatic carbocycles. The second-order valence-electron chi connectivity index (χ2n) is 2.05. The molecule has 0 unspecified atom stereocenters. The molecule has 1 rings (SSSR count). The highest BCUT2D eigenvalue weighted by Gasteiger charge is 2.34. The molecule has 0 spiro atoms. The Morgan fingerprint density at radius 3 is 2.46 bits per heavy atom. The fourth-order valence-corrected chi connectivity index (χ4v) is 1.75. The molecule has 0 saturated carbocycles. The van der Waals surface area contributed by atoms with Gasteiger partial charge in [-0.15, -0.1) is 11.8 Å². The number of nitrogens with zero attached hydrogens (tertiary/aromatic N) is 2. The van der Waals surface area contributed by atoms with E-state index in [1.165, 1.54) is 11.8 Å². The molecule has 0 saturated heterocycles. The third kappa shape index (κ3) is 2.57. The van der Waals surface area contributed by atoms with Crippen LogP contribution in [0.15, 0.2) is 15.7 Å². The van der Waals surface area contributed by atoms with E-state index in [1.54, 1.807) is 6.26 Å². The van der Waals surface area contributed by atoms with Gasteiger partial charge in [0.15, 0.2) is 0 Å². The van der Waals surface area contributed by atoms with Crippen LogP contribution in [0.5, 0.6) is 0 Å². The highest BCUT2D eigenvalue weighted by atomic mass is 79.9. The summed E-state index contributed by atoms with van der Waals surface area (Å²) in [5, 5.41) is 0. The van der Waals surface area contributed by atoms with Crippen LogP contribution in [0, 0.1) is 0 Å². The lowest BCUT2D eigenvalue weighted by Gasteiger charge is -2.05. The highest BCUT2D eigenvalue weighted by Crippen LogP contribution is 2.29. The van der Waals surface area contributed by atoms with E-state index in [9.17, 15) is 13.2 Å². The predicted molar refractivity (Wildman–Crippen MR) is 46.5 cm³/mol. The van der Waals surface area contributed by atoms with Gasteiger partial charge in [-0.2, -0.15) is 13.2 Å². The van der Waals surface area contributed by atoms with Gasteiger partial charge < -0.3 is 0 Å². The van der Waals surface area contributed by atoms with Gasteiger partial charge in [-0.25, -0.2) is 9.97 Å². The predicted octanol–water partition coefficient (Wildman–Crippen LogP) is 2.98. The van der Waals surface area contributed by atoms with E-state index in [4.69, 9.17) is 0 Å². The third-order valence-corrected chi connectivity index (χ3v) is 2.79. The smallest absolute Gasteiger partial charge is 0.232 e. The van der Waals surface area contributed by atoms with Crippen LogP contribution < -0.4 is 0 Å². The standard InChI is InChI=1S/C6H4BrF3N2S/c1-13-3-2-11-5(6(8,9)10)12-4(3)7/h2H,1H3. The summed E-state index contributed by atoms with van der Waals surface area (Å²) in [4.78, 5) is 7.05. The second-order valence-corrected chi connectivity index (χ2v) is 3.65. The summed E-state index contributed by atoms with van der Waals surface area (Å²) in [6.45, 7) is 0. The molecule has 0 aliphatic rings. The monoisotopic (exact) mass is 272 g/mol. The van der Waals surface area contributed by atoms with Gasteiger partial charge in [0.2, 0.25) is 5.82 Å². The van der Waals surface area contributed by atoms with Crippen LogP contribution in [0.2, 0.25) is 0 Å². The fraction of sp³-hybridized carbons (Fsp3) is 0.333. The van der Waals surface area contributed by atoms with Crippen LogP contribution in [-0.2, 0) is 6.18 Å². The van der Waals surface area contributed by atoms with Gasteiger partial charge in [0.25, 0.3) is 0 Å². The lowest BCUT2D eigenvalue weighted by molar-refractivity contribution is -0.145. The molecule has 1 aromatic heterocycles. The second kappa shape index (κ2) is 3.83. The van der Waals surface area contributed by atoms with Crippen LogP contribution in [0.4, 0.5) is 13.2 Å². The number of hydrogen-bond acceptors (Lipinski definition) is 3. The van der Waals surface area contributed by atoms with Crippen LogP contribution in [0.3, 0.4) is 0 Å². The summed E-state index contributed by atoms with van der Waals surface area (Å²) in [5.74, 6) is -1.13. The number of thioether (sulfide) groups is 1. The van der Waals surface area contributed by atoms with Gasteiger partial charge >= 0.3 is 6.18 Å². The Kier molecular flexibility index (Phi) is 3.18. The Morgan fingerprint density at radius 2 is 2.08 bits per heavy atom. The van der Waals surface area contributed by atoms with Crippen molar-refractivity contribution in [2.45, 2.75) is 11.1 Å². The Morgan fingerprint density at radius 1 is 1.46 bits per heavy atom. The third-order valence-electron chi connectivity index (χ3n) is 1.18. The van der Waals surface area contributed by atoms with Crippen LogP contribution in [0.25, 0.3) is 0 Å². The van der Waals surface area contributed by atoms with E-state index in [2.05, 4.69) is 25.9 Å². The first kappa shape index (κ1) is 10.8. The van der Waals surface area contributed by atoms with Crippen molar-refractivity contribution in [2.24, 2.45) is 0 Å². The van der Waals surface area contributed by atoms with Crippen molar-refractivity contribution in [3.8, 4) is 0 Å². The van der Waals surface area contributed by atoms with Crippen molar-refractivity contribution in [3.63, 3.8) is 0 Å². The van der Waals surface area contributed by atoms with Gasteiger partial charge in [0.05, 0.1) is 4.90 Å². The van der Waals surface area contributed by atoms with Gasteiger partial charge in [0, 0.05) is 6.20 Å². The minimum atomic E-state index is -4.49. The summed E-state index contributed by atoms with van der Waals surface area (Å²) < 4.78 is 36.3. The number of rotatable bonds is 1. The molecule has 0 bridgehead atoms. The Hall–Kier alpha value is -0.300. The van der Waals surface area contributed by atoms with Gasteiger partial charge in [-0.1, -0.05) is 0 Å². The van der Waals surface area contributed by atoms with Gasteiger partial charge in [0.1, 0.15) is 4.60 Å². The average molecular weight is 273 g/mol. The van der Waals surface area contributed by atoms with Crippen molar-refractivity contribution in [1.82, 2.24) is 9.97 Å². The van der Waals surface area contributed by atoms with Gasteiger partial charge in [-0.3, -0.25) is 0 Å². The normalized spacial score (nSPS) is 11.8. The summed E-state index contributed by atoms with van der Waals surface area (Å²) >= 11 is 4.20. The molecule has 0 aliphatic carbocycles. The molecule has 72 valence electrons. The van der Waals surface area contributed by atoms with E-state index >= 15 is 0 Å². The lowest BCUT2D eigenvalue weighted by Crippen LogP contribution is -2.10. The zero-order chi connectivity index (χ0) is 10.1. The first-order valence-corrected chi connectivity index (χ1v) is 5.10. The molecule has 2 nitrogen and oxygen atoms in total. The van der Waals surface area contributed by atoms with Gasteiger partial charge in [-0.05, 0) is 22.2 Å². The quantitative estimate of drug-likeness (QED) is 0.581. The highest BCUT2D eigenvalue weighted by molar-refractivity contribution is 9.10. The van der Waals surface area contributed by atoms with Crippen LogP contribution in [0.1, 0.15) is 5.82 Å². The number of hydrogen-bond donors (Lipinski definition) is 0. The summed E-state index contributed by atoms with van der Waals surface area (Å²) in [6.07, 6.45) is -1.61. The molecule has 0 fully saturated rings. The summed E-state index contributed by atoms with van der Waals surface area (Å²) in [5.41, 5.74) is 0. The number of halogens is 4. The molecular weight excluding hydrogens is 269 g/mol. The van der Waals surface area contributed by atoms with E-state index in [0.29, 0.717) is 4.90 Å². The first-order valence-electron chi connectivity index (χ1n) is 3.09. The lowest BCUT2D eigenvalue weighted by atomic mass is 10.5. The van der Waals surface area contributed by atoms with Crippen LogP contribution >= 0.6 is 27.7 Å². The van der Waals surface area contributed by atoms with Crippen molar-refractivity contribution < 1.29 is 13.2 Å². The molecule has 7 heteroatoms. The minimum Gasteiger partial charge on any atom is -0.232 e.